The summed E-state index contributed by atoms with van der Waals surface area (Å²) in [6.45, 7) is 3.54. The first-order valence-electron chi connectivity index (χ1n) is 5.41. The molecule has 4 nitrogen and oxygen atoms in total. The molecule has 16 heavy (non-hydrogen) atoms. The molecule has 0 amide bonds. The fourth-order valence-electron chi connectivity index (χ4n) is 1.89. The quantitative estimate of drug-likeness (QED) is 0.738. The van der Waals surface area contributed by atoms with Gasteiger partial charge in [0.25, 0.3) is 0 Å². The SMILES string of the molecule is Cc1ccnc(N2CCC(C(=O)Cl)CC2)n1. The highest BCUT2D eigenvalue weighted by molar-refractivity contribution is 6.64. The molecule has 0 atom stereocenters. The number of nitrogens with zero attached hydrogens (tertiary/aromatic N) is 3. The Morgan fingerprint density at radius 1 is 1.50 bits per heavy atom. The highest BCUT2D eigenvalue weighted by atomic mass is 35.5. The molecule has 0 aromatic carbocycles. The van der Waals surface area contributed by atoms with E-state index >= 15 is 0 Å². The Labute approximate surface area is 99.6 Å². The van der Waals surface area contributed by atoms with Crippen molar-refractivity contribution in [1.29, 1.82) is 0 Å². The number of carbonyl (C=O) groups is 1. The zero-order valence-corrected chi connectivity index (χ0v) is 9.94. The number of hydrogen-bond donors (Lipinski definition) is 0. The Balaban J connectivity index is 2.01. The molecule has 5 heteroatoms. The third-order valence-corrected chi connectivity index (χ3v) is 3.19. The molecule has 0 bridgehead atoms. The number of halogens is 1. The van der Waals surface area contributed by atoms with Gasteiger partial charge < -0.3 is 4.90 Å². The van der Waals surface area contributed by atoms with Crippen molar-refractivity contribution in [2.24, 2.45) is 5.92 Å². The van der Waals surface area contributed by atoms with Crippen LogP contribution in [0.25, 0.3) is 0 Å². The van der Waals surface area contributed by atoms with Gasteiger partial charge in [-0.2, -0.15) is 0 Å². The number of piperidine rings is 1. The predicted octanol–water partition coefficient (Wildman–Crippen LogP) is 1.77. The second-order valence-corrected chi connectivity index (χ2v) is 4.44. The van der Waals surface area contributed by atoms with Crippen LogP contribution in [0.15, 0.2) is 12.3 Å². The fourth-order valence-corrected chi connectivity index (χ4v) is 2.11. The van der Waals surface area contributed by atoms with Crippen molar-refractivity contribution < 1.29 is 4.79 Å². The lowest BCUT2D eigenvalue weighted by Gasteiger charge is -2.30. The molecule has 0 spiro atoms. The van der Waals surface area contributed by atoms with E-state index in [1.807, 2.05) is 13.0 Å². The topological polar surface area (TPSA) is 46.1 Å². The molecule has 1 fully saturated rings. The Morgan fingerprint density at radius 3 is 2.75 bits per heavy atom. The summed E-state index contributed by atoms with van der Waals surface area (Å²) in [7, 11) is 0. The smallest absolute Gasteiger partial charge is 0.225 e. The number of aryl methyl sites for hydroxylation is 1. The highest BCUT2D eigenvalue weighted by Gasteiger charge is 2.24. The minimum absolute atomic E-state index is 0.00252. The van der Waals surface area contributed by atoms with E-state index in [4.69, 9.17) is 11.6 Å². The molecule has 1 aliphatic rings. The molecule has 0 unspecified atom stereocenters. The van der Waals surface area contributed by atoms with Crippen LogP contribution in [0.5, 0.6) is 0 Å². The Bertz CT molecular complexity index is 389. The van der Waals surface area contributed by atoms with Crippen molar-refractivity contribution in [2.45, 2.75) is 19.8 Å². The van der Waals surface area contributed by atoms with E-state index in [9.17, 15) is 4.79 Å². The van der Waals surface area contributed by atoms with Gasteiger partial charge in [-0.15, -0.1) is 0 Å². The predicted molar refractivity (Wildman–Crippen MR) is 62.6 cm³/mol. The van der Waals surface area contributed by atoms with Gasteiger partial charge in [-0.05, 0) is 37.4 Å². The summed E-state index contributed by atoms with van der Waals surface area (Å²) in [6.07, 6.45) is 3.34. The molecule has 0 N–H and O–H groups in total. The zero-order valence-electron chi connectivity index (χ0n) is 9.19. The summed E-state index contributed by atoms with van der Waals surface area (Å²) >= 11 is 5.49. The molecule has 1 aliphatic heterocycles. The standard InChI is InChI=1S/C11H14ClN3O/c1-8-2-5-13-11(14-8)15-6-3-9(4-7-15)10(12)16/h2,5,9H,3-4,6-7H2,1H3. The molecule has 86 valence electrons. The normalized spacial score (nSPS) is 17.5. The van der Waals surface area contributed by atoms with E-state index in [1.165, 1.54) is 0 Å². The molecule has 1 saturated heterocycles. The molecule has 2 heterocycles. The molecule has 1 aromatic rings. The van der Waals surface area contributed by atoms with Crippen LogP contribution in [0.2, 0.25) is 0 Å². The number of anilines is 1. The molecule has 0 radical (unpaired) electrons. The van der Waals surface area contributed by atoms with Gasteiger partial charge >= 0.3 is 0 Å². The number of rotatable bonds is 2. The van der Waals surface area contributed by atoms with Gasteiger partial charge in [0.1, 0.15) is 0 Å². The van der Waals surface area contributed by atoms with Crippen molar-refractivity contribution in [3.8, 4) is 0 Å². The Hall–Kier alpha value is -1.16. The largest absolute Gasteiger partial charge is 0.341 e. The molecular formula is C11H14ClN3O. The van der Waals surface area contributed by atoms with Crippen LogP contribution in [-0.4, -0.2) is 28.3 Å². The van der Waals surface area contributed by atoms with Gasteiger partial charge in [0, 0.05) is 30.9 Å². The van der Waals surface area contributed by atoms with Crippen LogP contribution < -0.4 is 4.90 Å². The van der Waals surface area contributed by atoms with Gasteiger partial charge in [-0.1, -0.05) is 0 Å². The van der Waals surface area contributed by atoms with Gasteiger partial charge in [0.2, 0.25) is 11.2 Å². The summed E-state index contributed by atoms with van der Waals surface area (Å²) in [5, 5.41) is -0.218. The van der Waals surface area contributed by atoms with Crippen molar-refractivity contribution in [2.75, 3.05) is 18.0 Å². The van der Waals surface area contributed by atoms with Crippen LogP contribution in [0.3, 0.4) is 0 Å². The first kappa shape index (κ1) is 11.3. The Kier molecular flexibility index (Phi) is 3.39. The van der Waals surface area contributed by atoms with Crippen LogP contribution in [0.4, 0.5) is 5.95 Å². The van der Waals surface area contributed by atoms with Gasteiger partial charge in [-0.3, -0.25) is 4.79 Å². The number of carbonyl (C=O) groups excluding carboxylic acids is 1. The van der Waals surface area contributed by atoms with E-state index in [0.717, 1.165) is 37.6 Å². The second kappa shape index (κ2) is 4.78. The summed E-state index contributed by atoms with van der Waals surface area (Å²) in [5.41, 5.74) is 0.959. The van der Waals surface area contributed by atoms with Gasteiger partial charge in [0.15, 0.2) is 0 Å². The molecule has 2 rings (SSSR count). The van der Waals surface area contributed by atoms with E-state index in [-0.39, 0.29) is 11.2 Å². The van der Waals surface area contributed by atoms with Crippen molar-refractivity contribution in [3.05, 3.63) is 18.0 Å². The van der Waals surface area contributed by atoms with Crippen LogP contribution in [-0.2, 0) is 4.79 Å². The maximum Gasteiger partial charge on any atom is 0.225 e. The summed E-state index contributed by atoms with van der Waals surface area (Å²) in [4.78, 5) is 21.7. The maximum absolute atomic E-state index is 11.0. The third-order valence-electron chi connectivity index (χ3n) is 2.88. The zero-order chi connectivity index (χ0) is 11.5. The van der Waals surface area contributed by atoms with Crippen molar-refractivity contribution in [1.82, 2.24) is 9.97 Å². The third kappa shape index (κ3) is 2.50. The molecule has 1 aromatic heterocycles. The fraction of sp³-hybridized carbons (Fsp3) is 0.545. The lowest BCUT2D eigenvalue weighted by Crippen LogP contribution is -2.36. The summed E-state index contributed by atoms with van der Waals surface area (Å²) < 4.78 is 0. The highest BCUT2D eigenvalue weighted by Crippen LogP contribution is 2.22. The molecule has 0 saturated carbocycles. The minimum atomic E-state index is -0.218. The van der Waals surface area contributed by atoms with E-state index < -0.39 is 0 Å². The van der Waals surface area contributed by atoms with Crippen molar-refractivity contribution >= 4 is 22.8 Å². The first-order valence-corrected chi connectivity index (χ1v) is 5.78. The van der Waals surface area contributed by atoms with Gasteiger partial charge in [-0.25, -0.2) is 9.97 Å². The minimum Gasteiger partial charge on any atom is -0.341 e. The number of aromatic nitrogens is 2. The first-order chi connectivity index (χ1) is 7.66. The number of hydrogen-bond acceptors (Lipinski definition) is 4. The van der Waals surface area contributed by atoms with Crippen molar-refractivity contribution in [3.63, 3.8) is 0 Å². The average Bonchev–Trinajstić information content (AvgIpc) is 2.29. The lowest BCUT2D eigenvalue weighted by molar-refractivity contribution is -0.115. The monoisotopic (exact) mass is 239 g/mol. The van der Waals surface area contributed by atoms with Crippen LogP contribution in [0.1, 0.15) is 18.5 Å². The van der Waals surface area contributed by atoms with Crippen LogP contribution in [0, 0.1) is 12.8 Å². The average molecular weight is 240 g/mol. The van der Waals surface area contributed by atoms with Gasteiger partial charge in [0.05, 0.1) is 0 Å². The molecular weight excluding hydrogens is 226 g/mol. The molecule has 0 aliphatic carbocycles. The Morgan fingerprint density at radius 2 is 2.19 bits per heavy atom. The summed E-state index contributed by atoms with van der Waals surface area (Å²) in [5.74, 6) is 0.753. The van der Waals surface area contributed by atoms with E-state index in [1.54, 1.807) is 6.20 Å². The summed E-state index contributed by atoms with van der Waals surface area (Å²) in [6, 6.07) is 1.87. The van der Waals surface area contributed by atoms with Crippen LogP contribution >= 0.6 is 11.6 Å². The second-order valence-electron chi connectivity index (χ2n) is 4.06. The lowest BCUT2D eigenvalue weighted by atomic mass is 9.99. The maximum atomic E-state index is 11.0. The van der Waals surface area contributed by atoms with E-state index in [2.05, 4.69) is 14.9 Å². The van der Waals surface area contributed by atoms with E-state index in [0.29, 0.717) is 0 Å².